The van der Waals surface area contributed by atoms with Crippen molar-refractivity contribution in [1.29, 1.82) is 0 Å². The zero-order valence-corrected chi connectivity index (χ0v) is 16.4. The number of nitrogens with one attached hydrogen (secondary N) is 2. The molecule has 1 aromatic heterocycles. The summed E-state index contributed by atoms with van der Waals surface area (Å²) in [5, 5.41) is 13.5. The first kappa shape index (κ1) is 19.6. The second kappa shape index (κ2) is 8.73. The predicted molar refractivity (Wildman–Crippen MR) is 114 cm³/mol. The topological polar surface area (TPSA) is 113 Å². The van der Waals surface area contributed by atoms with Crippen molar-refractivity contribution in [2.75, 3.05) is 23.4 Å². The van der Waals surface area contributed by atoms with Gasteiger partial charge in [-0.05, 0) is 29.7 Å². The van der Waals surface area contributed by atoms with Crippen LogP contribution in [0, 0.1) is 10.1 Å². The summed E-state index contributed by atoms with van der Waals surface area (Å²) in [5.41, 5.74) is 5.40. The van der Waals surface area contributed by atoms with E-state index in [1.54, 1.807) is 12.1 Å². The fourth-order valence-electron chi connectivity index (χ4n) is 3.75. The van der Waals surface area contributed by atoms with Gasteiger partial charge in [0.2, 0.25) is 11.6 Å². The Morgan fingerprint density at radius 3 is 2.50 bits per heavy atom. The molecule has 1 fully saturated rings. The maximum Gasteiger partial charge on any atom is 0.355 e. The monoisotopic (exact) mass is 406 g/mol. The van der Waals surface area contributed by atoms with Crippen LogP contribution in [-0.2, 0) is 0 Å². The second-order valence-electron chi connectivity index (χ2n) is 7.16. The third kappa shape index (κ3) is 4.00. The molecule has 0 atom stereocenters. The zero-order chi connectivity index (χ0) is 20.9. The van der Waals surface area contributed by atoms with Crippen molar-refractivity contribution >= 4 is 34.0 Å². The number of nitrogens with zero attached hydrogens (tertiary/aromatic N) is 4. The molecule has 0 aliphatic carbocycles. The van der Waals surface area contributed by atoms with E-state index in [1.807, 2.05) is 35.2 Å². The average molecular weight is 406 g/mol. The number of nitro groups is 1. The molecule has 1 aliphatic heterocycles. The molecular weight excluding hydrogens is 384 g/mol. The van der Waals surface area contributed by atoms with Crippen LogP contribution in [0.1, 0.15) is 36.0 Å². The lowest BCUT2D eigenvalue weighted by Crippen LogP contribution is -2.31. The van der Waals surface area contributed by atoms with Gasteiger partial charge in [0.05, 0.1) is 4.92 Å². The fraction of sp³-hybridized carbons (Fsp3) is 0.286. The van der Waals surface area contributed by atoms with Crippen LogP contribution in [0.25, 0.3) is 10.8 Å². The van der Waals surface area contributed by atoms with E-state index in [2.05, 4.69) is 20.8 Å². The predicted octanol–water partition coefficient (Wildman–Crippen LogP) is 3.68. The zero-order valence-electron chi connectivity index (χ0n) is 16.4. The minimum atomic E-state index is -0.507. The number of aromatic nitrogens is 2. The Morgan fingerprint density at radius 2 is 1.73 bits per heavy atom. The maximum absolute atomic E-state index is 12.7. The first-order valence-electron chi connectivity index (χ1n) is 9.93. The molecule has 9 heteroatoms. The van der Waals surface area contributed by atoms with E-state index in [0.717, 1.165) is 36.5 Å². The average Bonchev–Trinajstić information content (AvgIpc) is 3.06. The van der Waals surface area contributed by atoms with Gasteiger partial charge in [-0.25, -0.2) is 9.97 Å². The van der Waals surface area contributed by atoms with Crippen molar-refractivity contribution < 1.29 is 9.72 Å². The van der Waals surface area contributed by atoms with Crippen LogP contribution in [0.2, 0.25) is 0 Å². The smallest absolute Gasteiger partial charge is 0.351 e. The van der Waals surface area contributed by atoms with E-state index < -0.39 is 10.8 Å². The van der Waals surface area contributed by atoms with Crippen LogP contribution in [0.5, 0.6) is 0 Å². The molecule has 4 rings (SSSR count). The number of hydrogen-bond donors (Lipinski definition) is 2. The van der Waals surface area contributed by atoms with Gasteiger partial charge in [0.1, 0.15) is 6.33 Å². The van der Waals surface area contributed by atoms with Gasteiger partial charge in [-0.2, -0.15) is 0 Å². The Hall–Kier alpha value is -3.75. The summed E-state index contributed by atoms with van der Waals surface area (Å²) in [5.74, 6) is -0.169. The molecule has 2 aromatic carbocycles. The summed E-state index contributed by atoms with van der Waals surface area (Å²) in [4.78, 5) is 34.1. The first-order chi connectivity index (χ1) is 14.6. The lowest BCUT2D eigenvalue weighted by atomic mass is 10.0. The lowest BCUT2D eigenvalue weighted by molar-refractivity contribution is -0.383. The molecule has 2 heterocycles. The Kier molecular flexibility index (Phi) is 5.69. The van der Waals surface area contributed by atoms with E-state index >= 15 is 0 Å². The van der Waals surface area contributed by atoms with Gasteiger partial charge in [-0.15, -0.1) is 0 Å². The van der Waals surface area contributed by atoms with Gasteiger partial charge < -0.3 is 4.90 Å². The molecule has 154 valence electrons. The number of hydrogen-bond acceptors (Lipinski definition) is 7. The van der Waals surface area contributed by atoms with Crippen molar-refractivity contribution in [2.45, 2.75) is 25.7 Å². The quantitative estimate of drug-likeness (QED) is 0.491. The van der Waals surface area contributed by atoms with Crippen molar-refractivity contribution in [3.8, 4) is 0 Å². The molecule has 0 radical (unpaired) electrons. The number of hydrazine groups is 1. The van der Waals surface area contributed by atoms with E-state index in [-0.39, 0.29) is 17.3 Å². The second-order valence-corrected chi connectivity index (χ2v) is 7.16. The summed E-state index contributed by atoms with van der Waals surface area (Å²) in [6, 6.07) is 12.9. The number of carbonyl (C=O) groups is 1. The summed E-state index contributed by atoms with van der Waals surface area (Å²) in [7, 11) is 0. The summed E-state index contributed by atoms with van der Waals surface area (Å²) >= 11 is 0. The van der Waals surface area contributed by atoms with Gasteiger partial charge in [0.25, 0.3) is 5.91 Å². The third-order valence-electron chi connectivity index (χ3n) is 5.22. The molecule has 0 spiro atoms. The summed E-state index contributed by atoms with van der Waals surface area (Å²) in [6.07, 6.45) is 5.40. The standard InChI is InChI=1S/C21H22N6O3/c28-21(17-11-7-9-15-8-3-4-10-16(15)17)25-24-19-18(27(29)30)20(23-14-22-19)26-12-5-1-2-6-13-26/h3-4,7-11,14H,1-2,5-6,12-13H2,(H,25,28)(H,22,23,24). The highest BCUT2D eigenvalue weighted by atomic mass is 16.6. The summed E-state index contributed by atoms with van der Waals surface area (Å²) in [6.45, 7) is 1.42. The molecule has 3 aromatic rings. The number of rotatable bonds is 5. The van der Waals surface area contributed by atoms with Crippen LogP contribution in [0.15, 0.2) is 48.8 Å². The van der Waals surface area contributed by atoms with Gasteiger partial charge in [-0.3, -0.25) is 25.8 Å². The SMILES string of the molecule is O=C(NNc1ncnc(N2CCCCCC2)c1[N+](=O)[O-])c1cccc2ccccc12. The number of benzene rings is 2. The van der Waals surface area contributed by atoms with Gasteiger partial charge in [0.15, 0.2) is 0 Å². The molecule has 9 nitrogen and oxygen atoms in total. The molecule has 1 saturated heterocycles. The molecule has 2 N–H and O–H groups in total. The van der Waals surface area contributed by atoms with E-state index in [0.29, 0.717) is 18.7 Å². The van der Waals surface area contributed by atoms with Crippen LogP contribution in [0.4, 0.5) is 17.3 Å². The molecule has 30 heavy (non-hydrogen) atoms. The van der Waals surface area contributed by atoms with Crippen LogP contribution in [0.3, 0.4) is 0 Å². The highest BCUT2D eigenvalue weighted by Gasteiger charge is 2.28. The molecule has 0 unspecified atom stereocenters. The van der Waals surface area contributed by atoms with Crippen molar-refractivity contribution in [3.05, 3.63) is 64.5 Å². The fourth-order valence-corrected chi connectivity index (χ4v) is 3.75. The minimum absolute atomic E-state index is 0.0390. The van der Waals surface area contributed by atoms with Crippen molar-refractivity contribution in [2.24, 2.45) is 0 Å². The Morgan fingerprint density at radius 1 is 1.00 bits per heavy atom. The van der Waals surface area contributed by atoms with Crippen LogP contribution >= 0.6 is 0 Å². The third-order valence-corrected chi connectivity index (χ3v) is 5.22. The van der Waals surface area contributed by atoms with E-state index in [1.165, 1.54) is 6.33 Å². The van der Waals surface area contributed by atoms with Crippen molar-refractivity contribution in [3.63, 3.8) is 0 Å². The summed E-state index contributed by atoms with van der Waals surface area (Å²) < 4.78 is 0. The number of anilines is 2. The van der Waals surface area contributed by atoms with Crippen LogP contribution < -0.4 is 15.8 Å². The number of amides is 1. The molecule has 0 bridgehead atoms. The first-order valence-corrected chi connectivity index (χ1v) is 9.93. The van der Waals surface area contributed by atoms with Gasteiger partial charge in [-0.1, -0.05) is 49.2 Å². The van der Waals surface area contributed by atoms with Crippen molar-refractivity contribution in [1.82, 2.24) is 15.4 Å². The van der Waals surface area contributed by atoms with E-state index in [4.69, 9.17) is 0 Å². The highest BCUT2D eigenvalue weighted by Crippen LogP contribution is 2.32. The van der Waals surface area contributed by atoms with E-state index in [9.17, 15) is 14.9 Å². The molecular formula is C21H22N6O3. The Labute approximate surface area is 173 Å². The molecule has 1 aliphatic rings. The molecule has 0 saturated carbocycles. The van der Waals surface area contributed by atoms with Gasteiger partial charge in [0, 0.05) is 18.7 Å². The Bertz CT molecular complexity index is 1070. The Balaban J connectivity index is 1.59. The van der Waals surface area contributed by atoms with Gasteiger partial charge >= 0.3 is 5.69 Å². The maximum atomic E-state index is 12.7. The normalized spacial score (nSPS) is 14.2. The highest BCUT2D eigenvalue weighted by molar-refractivity contribution is 6.07. The van der Waals surface area contributed by atoms with Crippen LogP contribution in [-0.4, -0.2) is 33.9 Å². The molecule has 1 amide bonds. The number of carbonyl (C=O) groups excluding carboxylic acids is 1. The minimum Gasteiger partial charge on any atom is -0.351 e. The largest absolute Gasteiger partial charge is 0.355 e. The number of fused-ring (bicyclic) bond motifs is 1. The lowest BCUT2D eigenvalue weighted by Gasteiger charge is -2.21.